The summed E-state index contributed by atoms with van der Waals surface area (Å²) < 4.78 is 5.65. The van der Waals surface area contributed by atoms with Crippen LogP contribution in [-0.4, -0.2) is 30.4 Å². The normalized spacial score (nSPS) is 13.9. The third-order valence-electron chi connectivity index (χ3n) is 3.69. The molecular formula is C18H31NO2. The maximum atomic E-state index is 9.97. The zero-order valence-corrected chi connectivity index (χ0v) is 13.8. The Kier molecular flexibility index (Phi) is 9.11. The van der Waals surface area contributed by atoms with E-state index in [0.717, 1.165) is 12.2 Å². The topological polar surface area (TPSA) is 41.5 Å². The minimum Gasteiger partial charge on any atom is -0.491 e. The van der Waals surface area contributed by atoms with Gasteiger partial charge in [-0.1, -0.05) is 45.2 Å². The van der Waals surface area contributed by atoms with Gasteiger partial charge in [-0.2, -0.15) is 0 Å². The molecule has 0 fully saturated rings. The average molecular weight is 293 g/mol. The Morgan fingerprint density at radius 1 is 1.24 bits per heavy atom. The lowest BCUT2D eigenvalue weighted by atomic mass is 10.1. The predicted octanol–water partition coefficient (Wildman–Crippen LogP) is 3.55. The Bertz CT molecular complexity index is 381. The van der Waals surface area contributed by atoms with E-state index in [1.807, 2.05) is 18.2 Å². The predicted molar refractivity (Wildman–Crippen MR) is 88.9 cm³/mol. The lowest BCUT2D eigenvalue weighted by molar-refractivity contribution is 0.103. The quantitative estimate of drug-likeness (QED) is 0.613. The molecule has 0 aliphatic heterocycles. The first-order valence-electron chi connectivity index (χ1n) is 8.28. The number of aliphatic hydroxyl groups excluding tert-OH is 1. The zero-order valence-electron chi connectivity index (χ0n) is 13.8. The van der Waals surface area contributed by atoms with Crippen molar-refractivity contribution in [1.29, 1.82) is 0 Å². The van der Waals surface area contributed by atoms with Crippen LogP contribution in [0.1, 0.15) is 52.0 Å². The average Bonchev–Trinajstić information content (AvgIpc) is 2.51. The van der Waals surface area contributed by atoms with Crippen LogP contribution in [0.3, 0.4) is 0 Å². The number of nitrogens with one attached hydrogen (secondary N) is 1. The number of aliphatic hydroxyl groups is 1. The van der Waals surface area contributed by atoms with Crippen molar-refractivity contribution in [2.75, 3.05) is 13.2 Å². The molecule has 1 aromatic carbocycles. The summed E-state index contributed by atoms with van der Waals surface area (Å²) in [6, 6.07) is 8.51. The molecule has 0 spiro atoms. The van der Waals surface area contributed by atoms with E-state index in [9.17, 15) is 5.11 Å². The van der Waals surface area contributed by atoms with Crippen molar-refractivity contribution in [2.45, 2.75) is 65.0 Å². The highest BCUT2D eigenvalue weighted by Crippen LogP contribution is 2.13. The Morgan fingerprint density at radius 2 is 2.05 bits per heavy atom. The van der Waals surface area contributed by atoms with Gasteiger partial charge in [0, 0.05) is 12.6 Å². The molecule has 0 bridgehead atoms. The van der Waals surface area contributed by atoms with Gasteiger partial charge in [-0.25, -0.2) is 0 Å². The van der Waals surface area contributed by atoms with Crippen LogP contribution in [0, 0.1) is 0 Å². The number of hydrogen-bond acceptors (Lipinski definition) is 3. The highest BCUT2D eigenvalue weighted by molar-refractivity contribution is 5.28. The molecule has 1 rings (SSSR count). The van der Waals surface area contributed by atoms with Crippen molar-refractivity contribution in [2.24, 2.45) is 0 Å². The molecule has 0 heterocycles. The molecule has 120 valence electrons. The highest BCUT2D eigenvalue weighted by Gasteiger charge is 2.08. The Balaban J connectivity index is 2.19. The number of benzene rings is 1. The number of ether oxygens (including phenoxy) is 1. The third kappa shape index (κ3) is 8.08. The van der Waals surface area contributed by atoms with Crippen LogP contribution in [0.4, 0.5) is 0 Å². The van der Waals surface area contributed by atoms with Gasteiger partial charge in [0.25, 0.3) is 0 Å². The molecule has 2 unspecified atom stereocenters. The van der Waals surface area contributed by atoms with Crippen LogP contribution in [-0.2, 0) is 6.42 Å². The molecule has 3 nitrogen and oxygen atoms in total. The largest absolute Gasteiger partial charge is 0.491 e. The Labute approximate surface area is 129 Å². The Morgan fingerprint density at radius 3 is 2.76 bits per heavy atom. The second-order valence-corrected chi connectivity index (χ2v) is 5.77. The van der Waals surface area contributed by atoms with Gasteiger partial charge >= 0.3 is 0 Å². The minimum atomic E-state index is -0.469. The first kappa shape index (κ1) is 18.0. The van der Waals surface area contributed by atoms with Crippen molar-refractivity contribution < 1.29 is 9.84 Å². The van der Waals surface area contributed by atoms with Crippen molar-refractivity contribution in [1.82, 2.24) is 5.32 Å². The molecule has 0 amide bonds. The number of hydrogen-bond donors (Lipinski definition) is 2. The van der Waals surface area contributed by atoms with Crippen LogP contribution in [0.2, 0.25) is 0 Å². The van der Waals surface area contributed by atoms with E-state index in [2.05, 4.69) is 32.2 Å². The van der Waals surface area contributed by atoms with Gasteiger partial charge in [0.1, 0.15) is 18.5 Å². The van der Waals surface area contributed by atoms with Gasteiger partial charge in [0.05, 0.1) is 0 Å². The van der Waals surface area contributed by atoms with Crippen molar-refractivity contribution in [3.05, 3.63) is 29.8 Å². The number of rotatable bonds is 11. The van der Waals surface area contributed by atoms with Gasteiger partial charge < -0.3 is 15.2 Å². The van der Waals surface area contributed by atoms with Crippen molar-refractivity contribution >= 4 is 0 Å². The molecule has 21 heavy (non-hydrogen) atoms. The van der Waals surface area contributed by atoms with E-state index >= 15 is 0 Å². The SMILES string of the molecule is CCCCCC(C)NCC(O)COc1cccc(CC)c1. The summed E-state index contributed by atoms with van der Waals surface area (Å²) in [6.45, 7) is 7.43. The molecule has 3 heteroatoms. The molecule has 1 aromatic rings. The molecule has 0 saturated heterocycles. The minimum absolute atomic E-state index is 0.335. The molecule has 0 aromatic heterocycles. The zero-order chi connectivity index (χ0) is 15.5. The Hall–Kier alpha value is -1.06. The number of unbranched alkanes of at least 4 members (excludes halogenated alkanes) is 2. The van der Waals surface area contributed by atoms with E-state index in [4.69, 9.17) is 4.74 Å². The summed E-state index contributed by atoms with van der Waals surface area (Å²) in [5.41, 5.74) is 1.25. The van der Waals surface area contributed by atoms with Gasteiger partial charge in [0.2, 0.25) is 0 Å². The van der Waals surface area contributed by atoms with E-state index in [0.29, 0.717) is 19.2 Å². The first-order valence-corrected chi connectivity index (χ1v) is 8.28. The standard InChI is InChI=1S/C18H31NO2/c1-4-6-7-9-15(3)19-13-17(20)14-21-18-11-8-10-16(5-2)12-18/h8,10-12,15,17,19-20H,4-7,9,13-14H2,1-3H3. The molecule has 0 aliphatic rings. The van der Waals surface area contributed by atoms with Crippen LogP contribution >= 0.6 is 0 Å². The summed E-state index contributed by atoms with van der Waals surface area (Å²) >= 11 is 0. The molecule has 0 aliphatic carbocycles. The maximum absolute atomic E-state index is 9.97. The molecule has 0 saturated carbocycles. The van der Waals surface area contributed by atoms with E-state index in [-0.39, 0.29) is 0 Å². The van der Waals surface area contributed by atoms with Crippen molar-refractivity contribution in [3.8, 4) is 5.75 Å². The number of aryl methyl sites for hydroxylation is 1. The second-order valence-electron chi connectivity index (χ2n) is 5.77. The summed E-state index contributed by atoms with van der Waals surface area (Å²) in [4.78, 5) is 0. The van der Waals surface area contributed by atoms with Gasteiger partial charge in [-0.05, 0) is 37.5 Å². The van der Waals surface area contributed by atoms with Crippen molar-refractivity contribution in [3.63, 3.8) is 0 Å². The van der Waals surface area contributed by atoms with Gasteiger partial charge in [0.15, 0.2) is 0 Å². The van der Waals surface area contributed by atoms with E-state index in [1.165, 1.54) is 31.2 Å². The summed E-state index contributed by atoms with van der Waals surface area (Å²) in [5, 5.41) is 13.3. The lowest BCUT2D eigenvalue weighted by Crippen LogP contribution is -2.36. The molecule has 0 radical (unpaired) electrons. The lowest BCUT2D eigenvalue weighted by Gasteiger charge is -2.17. The molecule has 2 N–H and O–H groups in total. The summed E-state index contributed by atoms with van der Waals surface area (Å²) in [5.74, 6) is 0.837. The second kappa shape index (κ2) is 10.6. The fraction of sp³-hybridized carbons (Fsp3) is 0.667. The van der Waals surface area contributed by atoms with E-state index < -0.39 is 6.10 Å². The first-order chi connectivity index (χ1) is 10.2. The van der Waals surface area contributed by atoms with Crippen LogP contribution < -0.4 is 10.1 Å². The van der Waals surface area contributed by atoms with Crippen LogP contribution in [0.5, 0.6) is 5.75 Å². The maximum Gasteiger partial charge on any atom is 0.119 e. The fourth-order valence-electron chi connectivity index (χ4n) is 2.25. The highest BCUT2D eigenvalue weighted by atomic mass is 16.5. The van der Waals surface area contributed by atoms with Gasteiger partial charge in [-0.3, -0.25) is 0 Å². The summed E-state index contributed by atoms with van der Waals surface area (Å²) in [7, 11) is 0. The smallest absolute Gasteiger partial charge is 0.119 e. The van der Waals surface area contributed by atoms with Crippen LogP contribution in [0.25, 0.3) is 0 Å². The fourth-order valence-corrected chi connectivity index (χ4v) is 2.25. The molecular weight excluding hydrogens is 262 g/mol. The monoisotopic (exact) mass is 293 g/mol. The van der Waals surface area contributed by atoms with Gasteiger partial charge in [-0.15, -0.1) is 0 Å². The summed E-state index contributed by atoms with van der Waals surface area (Å²) in [6.07, 6.45) is 5.48. The van der Waals surface area contributed by atoms with E-state index in [1.54, 1.807) is 0 Å². The molecule has 2 atom stereocenters. The van der Waals surface area contributed by atoms with Crippen LogP contribution in [0.15, 0.2) is 24.3 Å². The third-order valence-corrected chi connectivity index (χ3v) is 3.69.